The molecule has 1 heteroatoms. The summed E-state index contributed by atoms with van der Waals surface area (Å²) in [6.07, 6.45) is 2.28. The van der Waals surface area contributed by atoms with Crippen molar-refractivity contribution in [3.05, 3.63) is 34.9 Å². The van der Waals surface area contributed by atoms with Gasteiger partial charge in [-0.3, -0.25) is 0 Å². The van der Waals surface area contributed by atoms with Crippen LogP contribution in [0.1, 0.15) is 48.9 Å². The molecule has 0 amide bonds. The van der Waals surface area contributed by atoms with Crippen molar-refractivity contribution in [2.75, 3.05) is 0 Å². The van der Waals surface area contributed by atoms with Crippen molar-refractivity contribution in [3.8, 4) is 0 Å². The van der Waals surface area contributed by atoms with E-state index in [1.54, 1.807) is 0 Å². The van der Waals surface area contributed by atoms with Crippen LogP contribution < -0.4 is 5.73 Å². The summed E-state index contributed by atoms with van der Waals surface area (Å²) < 4.78 is 0. The van der Waals surface area contributed by atoms with Crippen molar-refractivity contribution in [2.24, 2.45) is 5.73 Å². The van der Waals surface area contributed by atoms with Crippen molar-refractivity contribution in [3.63, 3.8) is 0 Å². The second kappa shape index (κ2) is 3.15. The van der Waals surface area contributed by atoms with Crippen LogP contribution >= 0.6 is 0 Å². The molecule has 70 valence electrons. The van der Waals surface area contributed by atoms with Crippen LogP contribution in [-0.2, 0) is 6.42 Å². The summed E-state index contributed by atoms with van der Waals surface area (Å²) in [5.41, 5.74) is 10.3. The molecule has 0 unspecified atom stereocenters. The molecule has 0 saturated carbocycles. The lowest BCUT2D eigenvalue weighted by Gasteiger charge is -2.10. The maximum Gasteiger partial charge on any atom is 0.0300 e. The number of rotatable bonds is 1. The van der Waals surface area contributed by atoms with Crippen LogP contribution in [0.2, 0.25) is 0 Å². The van der Waals surface area contributed by atoms with Gasteiger partial charge in [-0.1, -0.05) is 32.0 Å². The highest BCUT2D eigenvalue weighted by molar-refractivity contribution is 5.38. The Morgan fingerprint density at radius 3 is 2.85 bits per heavy atom. The third kappa shape index (κ3) is 1.49. The fraction of sp³-hybridized carbons (Fsp3) is 0.500. The summed E-state index contributed by atoms with van der Waals surface area (Å²) in [6, 6.07) is 7.06. The maximum atomic E-state index is 6.02. The summed E-state index contributed by atoms with van der Waals surface area (Å²) in [4.78, 5) is 0. The monoisotopic (exact) mass is 175 g/mol. The second-order valence-electron chi connectivity index (χ2n) is 4.26. The highest BCUT2D eigenvalue weighted by Crippen LogP contribution is 2.31. The molecule has 13 heavy (non-hydrogen) atoms. The zero-order valence-electron chi connectivity index (χ0n) is 8.38. The number of nitrogens with two attached hydrogens (primary N) is 1. The van der Waals surface area contributed by atoms with E-state index in [-0.39, 0.29) is 6.04 Å². The highest BCUT2D eigenvalue weighted by atomic mass is 14.6. The molecule has 0 fully saturated rings. The van der Waals surface area contributed by atoms with Crippen LogP contribution in [0.5, 0.6) is 0 Å². The Bertz CT molecular complexity index is 315. The van der Waals surface area contributed by atoms with Gasteiger partial charge in [0.25, 0.3) is 0 Å². The van der Waals surface area contributed by atoms with Gasteiger partial charge in [0.1, 0.15) is 0 Å². The van der Waals surface area contributed by atoms with E-state index in [1.165, 1.54) is 16.7 Å². The predicted octanol–water partition coefficient (Wildman–Crippen LogP) is 2.76. The molecular weight excluding hydrogens is 158 g/mol. The third-order valence-corrected chi connectivity index (χ3v) is 2.96. The van der Waals surface area contributed by atoms with E-state index < -0.39 is 0 Å². The molecular formula is C12H17N. The van der Waals surface area contributed by atoms with Crippen LogP contribution in [-0.4, -0.2) is 0 Å². The van der Waals surface area contributed by atoms with Crippen molar-refractivity contribution >= 4 is 0 Å². The maximum absolute atomic E-state index is 6.02. The molecule has 0 bridgehead atoms. The van der Waals surface area contributed by atoms with Gasteiger partial charge in [-0.2, -0.15) is 0 Å². The molecule has 0 saturated heterocycles. The third-order valence-electron chi connectivity index (χ3n) is 2.96. The summed E-state index contributed by atoms with van der Waals surface area (Å²) in [5, 5.41) is 0. The minimum Gasteiger partial charge on any atom is -0.324 e. The van der Waals surface area contributed by atoms with Crippen LogP contribution in [0.4, 0.5) is 0 Å². The van der Waals surface area contributed by atoms with Crippen molar-refractivity contribution in [1.29, 1.82) is 0 Å². The van der Waals surface area contributed by atoms with E-state index in [4.69, 9.17) is 5.73 Å². The molecule has 1 aromatic carbocycles. The van der Waals surface area contributed by atoms with Gasteiger partial charge in [-0.05, 0) is 35.4 Å². The highest BCUT2D eigenvalue weighted by Gasteiger charge is 2.19. The van der Waals surface area contributed by atoms with Gasteiger partial charge >= 0.3 is 0 Å². The molecule has 2 rings (SSSR count). The summed E-state index contributed by atoms with van der Waals surface area (Å²) in [6.45, 7) is 4.45. The lowest BCUT2D eigenvalue weighted by Crippen LogP contribution is -2.05. The molecule has 1 aliphatic rings. The first kappa shape index (κ1) is 8.76. The average Bonchev–Trinajstić information content (AvgIpc) is 2.47. The first-order chi connectivity index (χ1) is 6.18. The van der Waals surface area contributed by atoms with Gasteiger partial charge in [0.15, 0.2) is 0 Å². The number of benzene rings is 1. The van der Waals surface area contributed by atoms with Crippen molar-refractivity contribution in [1.82, 2.24) is 0 Å². The van der Waals surface area contributed by atoms with Gasteiger partial charge in [0.05, 0.1) is 0 Å². The fourth-order valence-corrected chi connectivity index (χ4v) is 2.01. The first-order valence-electron chi connectivity index (χ1n) is 5.07. The molecule has 0 aromatic heterocycles. The Morgan fingerprint density at radius 1 is 1.38 bits per heavy atom. The van der Waals surface area contributed by atoms with Gasteiger partial charge in [0.2, 0.25) is 0 Å². The number of hydrogen-bond donors (Lipinski definition) is 1. The van der Waals surface area contributed by atoms with E-state index in [2.05, 4.69) is 32.0 Å². The number of hydrogen-bond acceptors (Lipinski definition) is 1. The lowest BCUT2D eigenvalue weighted by molar-refractivity contribution is 0.712. The standard InChI is InChI=1S/C12H17N/c1-8(2)10-4-3-9-5-6-12(13)11(9)7-10/h3-4,7-8,12H,5-6,13H2,1-2H3/t12-/m0/s1. The van der Waals surface area contributed by atoms with E-state index in [0.717, 1.165) is 12.8 Å². The zero-order chi connectivity index (χ0) is 9.42. The van der Waals surface area contributed by atoms with Gasteiger partial charge in [-0.15, -0.1) is 0 Å². The molecule has 0 spiro atoms. The summed E-state index contributed by atoms with van der Waals surface area (Å²) in [5.74, 6) is 0.609. The smallest absolute Gasteiger partial charge is 0.0300 e. The molecule has 1 aliphatic carbocycles. The molecule has 2 N–H and O–H groups in total. The normalized spacial score (nSPS) is 20.8. The quantitative estimate of drug-likeness (QED) is 0.697. The molecule has 1 aromatic rings. The Kier molecular flexibility index (Phi) is 2.12. The minimum atomic E-state index is 0.286. The lowest BCUT2D eigenvalue weighted by atomic mass is 9.98. The summed E-state index contributed by atoms with van der Waals surface area (Å²) >= 11 is 0. The molecule has 0 aliphatic heterocycles. The molecule has 1 nitrogen and oxygen atoms in total. The fourth-order valence-electron chi connectivity index (χ4n) is 2.01. The Hall–Kier alpha value is -0.820. The van der Waals surface area contributed by atoms with Gasteiger partial charge in [-0.25, -0.2) is 0 Å². The average molecular weight is 175 g/mol. The summed E-state index contributed by atoms with van der Waals surface area (Å²) in [7, 11) is 0. The Balaban J connectivity index is 2.42. The largest absolute Gasteiger partial charge is 0.324 e. The van der Waals surface area contributed by atoms with Crippen molar-refractivity contribution in [2.45, 2.75) is 38.6 Å². The zero-order valence-corrected chi connectivity index (χ0v) is 8.38. The Labute approximate surface area is 80.0 Å². The second-order valence-corrected chi connectivity index (χ2v) is 4.26. The first-order valence-corrected chi connectivity index (χ1v) is 5.07. The van der Waals surface area contributed by atoms with Gasteiger partial charge in [0, 0.05) is 6.04 Å². The molecule has 0 radical (unpaired) electrons. The van der Waals surface area contributed by atoms with E-state index >= 15 is 0 Å². The van der Waals surface area contributed by atoms with Crippen LogP contribution in [0.25, 0.3) is 0 Å². The number of fused-ring (bicyclic) bond motifs is 1. The minimum absolute atomic E-state index is 0.286. The topological polar surface area (TPSA) is 26.0 Å². The van der Waals surface area contributed by atoms with Crippen LogP contribution in [0.15, 0.2) is 18.2 Å². The van der Waals surface area contributed by atoms with Crippen LogP contribution in [0.3, 0.4) is 0 Å². The van der Waals surface area contributed by atoms with E-state index in [1.807, 2.05) is 0 Å². The van der Waals surface area contributed by atoms with Crippen LogP contribution in [0, 0.1) is 0 Å². The SMILES string of the molecule is CC(C)c1ccc2c(c1)[C@@H](N)CC2. The van der Waals surface area contributed by atoms with Gasteiger partial charge < -0.3 is 5.73 Å². The van der Waals surface area contributed by atoms with E-state index in [9.17, 15) is 0 Å². The molecule has 1 atom stereocenters. The predicted molar refractivity (Wildman–Crippen MR) is 55.8 cm³/mol. The molecule has 0 heterocycles. The van der Waals surface area contributed by atoms with E-state index in [0.29, 0.717) is 5.92 Å². The van der Waals surface area contributed by atoms with Crippen molar-refractivity contribution < 1.29 is 0 Å². The Morgan fingerprint density at radius 2 is 2.15 bits per heavy atom. The number of aryl methyl sites for hydroxylation is 1.